The largest absolute Gasteiger partial charge is 0.366 e. The van der Waals surface area contributed by atoms with Crippen LogP contribution in [0.5, 0.6) is 0 Å². The van der Waals surface area contributed by atoms with Gasteiger partial charge in [0.15, 0.2) is 6.29 Å². The van der Waals surface area contributed by atoms with Crippen LogP contribution in [0, 0.1) is 0 Å². The number of aliphatic hydroxyl groups is 1. The quantitative estimate of drug-likeness (QED) is 0.460. The highest BCUT2D eigenvalue weighted by atomic mass is 19.1. The molecule has 0 amide bonds. The van der Waals surface area contributed by atoms with Gasteiger partial charge in [0.1, 0.15) is 6.67 Å². The number of hydrogen-bond donors (Lipinski definition) is 1. The lowest BCUT2D eigenvalue weighted by Crippen LogP contribution is -2.14. The second-order valence-corrected chi connectivity index (χ2v) is 2.54. The second kappa shape index (κ2) is 7.95. The average Bonchev–Trinajstić information content (AvgIpc) is 2.04. The summed E-state index contributed by atoms with van der Waals surface area (Å²) in [5.41, 5.74) is 0. The number of ether oxygens (including phenoxy) is 1. The van der Waals surface area contributed by atoms with E-state index in [9.17, 15) is 4.39 Å². The molecule has 1 atom stereocenters. The molecule has 0 aliphatic heterocycles. The summed E-state index contributed by atoms with van der Waals surface area (Å²) in [5.74, 6) is 0. The van der Waals surface area contributed by atoms with Gasteiger partial charge in [0.05, 0.1) is 0 Å². The van der Waals surface area contributed by atoms with Crippen molar-refractivity contribution in [1.29, 1.82) is 0 Å². The van der Waals surface area contributed by atoms with E-state index in [-0.39, 0.29) is 0 Å². The van der Waals surface area contributed by atoms with Crippen LogP contribution in [0.2, 0.25) is 0 Å². The van der Waals surface area contributed by atoms with Gasteiger partial charge in [0, 0.05) is 6.61 Å². The molecular formula is C8H17FO2. The number of hydrogen-bond acceptors (Lipinski definition) is 2. The number of rotatable bonds is 7. The van der Waals surface area contributed by atoms with Crippen LogP contribution in [0.3, 0.4) is 0 Å². The van der Waals surface area contributed by atoms with Gasteiger partial charge in [-0.05, 0) is 6.42 Å². The Balaban J connectivity index is 2.89. The number of aliphatic hydroxyl groups excluding tert-OH is 1. The zero-order chi connectivity index (χ0) is 8.53. The van der Waals surface area contributed by atoms with E-state index in [0.717, 1.165) is 12.8 Å². The first-order valence-electron chi connectivity index (χ1n) is 4.17. The molecule has 3 heteroatoms. The van der Waals surface area contributed by atoms with Gasteiger partial charge in [0.2, 0.25) is 0 Å². The van der Waals surface area contributed by atoms with Crippen molar-refractivity contribution in [3.63, 3.8) is 0 Å². The van der Waals surface area contributed by atoms with Gasteiger partial charge in [-0.25, -0.2) is 4.39 Å². The molecule has 0 aromatic heterocycles. The van der Waals surface area contributed by atoms with Crippen LogP contribution in [0.4, 0.5) is 4.39 Å². The van der Waals surface area contributed by atoms with Crippen LogP contribution in [0.25, 0.3) is 0 Å². The molecule has 0 radical (unpaired) electrons. The lowest BCUT2D eigenvalue weighted by molar-refractivity contribution is -0.110. The summed E-state index contributed by atoms with van der Waals surface area (Å²) in [6, 6.07) is 0. The van der Waals surface area contributed by atoms with E-state index in [2.05, 4.69) is 6.92 Å². The first-order valence-corrected chi connectivity index (χ1v) is 4.17. The van der Waals surface area contributed by atoms with Crippen molar-refractivity contribution in [3.8, 4) is 0 Å². The summed E-state index contributed by atoms with van der Waals surface area (Å²) < 4.78 is 16.3. The van der Waals surface area contributed by atoms with Crippen LogP contribution in [-0.4, -0.2) is 24.7 Å². The van der Waals surface area contributed by atoms with Crippen molar-refractivity contribution in [2.75, 3.05) is 13.3 Å². The molecule has 0 aliphatic carbocycles. The molecule has 0 fully saturated rings. The summed E-state index contributed by atoms with van der Waals surface area (Å²) in [6.45, 7) is 1.77. The Morgan fingerprint density at radius 2 is 2.09 bits per heavy atom. The second-order valence-electron chi connectivity index (χ2n) is 2.54. The van der Waals surface area contributed by atoms with Crippen molar-refractivity contribution in [2.24, 2.45) is 0 Å². The fraction of sp³-hybridized carbons (Fsp3) is 1.00. The molecule has 68 valence electrons. The highest BCUT2D eigenvalue weighted by molar-refractivity contribution is 4.40. The number of unbranched alkanes of at least 4 members (excludes halogenated alkanes) is 3. The normalized spacial score (nSPS) is 13.4. The molecule has 11 heavy (non-hydrogen) atoms. The Hall–Kier alpha value is -0.150. The number of halogens is 1. The monoisotopic (exact) mass is 164 g/mol. The number of alkyl halides is 1. The highest BCUT2D eigenvalue weighted by Crippen LogP contribution is 1.99. The minimum absolute atomic E-state index is 0.463. The van der Waals surface area contributed by atoms with Gasteiger partial charge in [-0.1, -0.05) is 26.2 Å². The Morgan fingerprint density at radius 1 is 1.36 bits per heavy atom. The lowest BCUT2D eigenvalue weighted by atomic mass is 10.2. The topological polar surface area (TPSA) is 29.5 Å². The van der Waals surface area contributed by atoms with Gasteiger partial charge in [-0.3, -0.25) is 0 Å². The van der Waals surface area contributed by atoms with Crippen LogP contribution < -0.4 is 0 Å². The Morgan fingerprint density at radius 3 is 2.64 bits per heavy atom. The standard InChI is InChI=1S/C8H17FO2/c1-2-3-4-5-6-11-8(10)7-9/h8,10H,2-7H2,1H3. The van der Waals surface area contributed by atoms with E-state index >= 15 is 0 Å². The zero-order valence-electron chi connectivity index (χ0n) is 7.05. The third-order valence-electron chi connectivity index (χ3n) is 1.44. The van der Waals surface area contributed by atoms with Gasteiger partial charge in [0.25, 0.3) is 0 Å². The van der Waals surface area contributed by atoms with Gasteiger partial charge < -0.3 is 9.84 Å². The molecule has 0 saturated heterocycles. The first kappa shape index (κ1) is 10.8. The Bertz CT molecular complexity index is 78.5. The summed E-state index contributed by atoms with van der Waals surface area (Å²) in [7, 11) is 0. The van der Waals surface area contributed by atoms with Crippen molar-refractivity contribution in [2.45, 2.75) is 38.9 Å². The van der Waals surface area contributed by atoms with E-state index in [1.807, 2.05) is 0 Å². The van der Waals surface area contributed by atoms with Crippen LogP contribution >= 0.6 is 0 Å². The third-order valence-corrected chi connectivity index (χ3v) is 1.44. The summed E-state index contributed by atoms with van der Waals surface area (Å²) in [6.07, 6.45) is 3.14. The average molecular weight is 164 g/mol. The fourth-order valence-corrected chi connectivity index (χ4v) is 0.793. The molecule has 0 rings (SSSR count). The smallest absolute Gasteiger partial charge is 0.183 e. The highest BCUT2D eigenvalue weighted by Gasteiger charge is 2.00. The molecule has 0 heterocycles. The minimum atomic E-state index is -1.21. The van der Waals surface area contributed by atoms with Gasteiger partial charge in [-0.15, -0.1) is 0 Å². The fourth-order valence-electron chi connectivity index (χ4n) is 0.793. The predicted octanol–water partition coefficient (Wildman–Crippen LogP) is 1.87. The molecule has 1 unspecified atom stereocenters. The van der Waals surface area contributed by atoms with Crippen molar-refractivity contribution >= 4 is 0 Å². The zero-order valence-corrected chi connectivity index (χ0v) is 7.05. The maximum absolute atomic E-state index is 11.6. The molecule has 0 spiro atoms. The van der Waals surface area contributed by atoms with Crippen molar-refractivity contribution in [1.82, 2.24) is 0 Å². The predicted molar refractivity (Wildman–Crippen MR) is 42.1 cm³/mol. The summed E-state index contributed by atoms with van der Waals surface area (Å²) >= 11 is 0. The van der Waals surface area contributed by atoms with E-state index in [4.69, 9.17) is 9.84 Å². The van der Waals surface area contributed by atoms with Gasteiger partial charge >= 0.3 is 0 Å². The maximum Gasteiger partial charge on any atom is 0.183 e. The minimum Gasteiger partial charge on any atom is -0.366 e. The molecule has 0 aromatic carbocycles. The molecule has 0 bridgehead atoms. The molecule has 0 saturated carbocycles. The summed E-state index contributed by atoms with van der Waals surface area (Å²) in [5, 5.41) is 8.62. The first-order chi connectivity index (χ1) is 5.31. The SMILES string of the molecule is CCCCCCOC(O)CF. The molecule has 0 aromatic rings. The van der Waals surface area contributed by atoms with Crippen LogP contribution in [0.1, 0.15) is 32.6 Å². The lowest BCUT2D eigenvalue weighted by Gasteiger charge is -2.06. The van der Waals surface area contributed by atoms with E-state index < -0.39 is 13.0 Å². The third kappa shape index (κ3) is 7.75. The van der Waals surface area contributed by atoms with E-state index in [1.165, 1.54) is 12.8 Å². The molecule has 2 nitrogen and oxygen atoms in total. The van der Waals surface area contributed by atoms with E-state index in [1.54, 1.807) is 0 Å². The maximum atomic E-state index is 11.6. The van der Waals surface area contributed by atoms with Crippen molar-refractivity contribution < 1.29 is 14.2 Å². The molecule has 1 N–H and O–H groups in total. The summed E-state index contributed by atoms with van der Waals surface area (Å²) in [4.78, 5) is 0. The van der Waals surface area contributed by atoms with Crippen LogP contribution in [-0.2, 0) is 4.74 Å². The van der Waals surface area contributed by atoms with Crippen LogP contribution in [0.15, 0.2) is 0 Å². The van der Waals surface area contributed by atoms with Gasteiger partial charge in [-0.2, -0.15) is 0 Å². The Labute approximate surface area is 67.4 Å². The van der Waals surface area contributed by atoms with Crippen molar-refractivity contribution in [3.05, 3.63) is 0 Å². The van der Waals surface area contributed by atoms with E-state index in [0.29, 0.717) is 6.61 Å². The Kier molecular flexibility index (Phi) is 7.84. The molecule has 0 aliphatic rings. The molecular weight excluding hydrogens is 147 g/mol.